The standard InChI is InChI=1S/C22H26N2O2/c1-15(2)19(16-9-5-3-6-10-16)23-21(25)22(26)24-20(18-13-14-18)17-11-7-4-8-12-17/h3-12,15,18-20H,13-14H2,1-2H3,(H,23,25)(H,24,26). The highest BCUT2D eigenvalue weighted by Crippen LogP contribution is 2.40. The number of hydrogen-bond acceptors (Lipinski definition) is 2. The van der Waals surface area contributed by atoms with Crippen LogP contribution in [0.15, 0.2) is 60.7 Å². The van der Waals surface area contributed by atoms with Crippen LogP contribution in [0.5, 0.6) is 0 Å². The van der Waals surface area contributed by atoms with Crippen LogP contribution in [0, 0.1) is 11.8 Å². The van der Waals surface area contributed by atoms with E-state index in [1.807, 2.05) is 74.5 Å². The molecule has 4 heteroatoms. The third-order valence-corrected chi connectivity index (χ3v) is 4.86. The van der Waals surface area contributed by atoms with Gasteiger partial charge in [0.15, 0.2) is 0 Å². The molecule has 1 fully saturated rings. The van der Waals surface area contributed by atoms with Crippen LogP contribution < -0.4 is 10.6 Å². The molecule has 0 spiro atoms. The van der Waals surface area contributed by atoms with E-state index in [9.17, 15) is 9.59 Å². The fourth-order valence-corrected chi connectivity index (χ4v) is 3.27. The summed E-state index contributed by atoms with van der Waals surface area (Å²) in [6.45, 7) is 4.07. The molecule has 26 heavy (non-hydrogen) atoms. The van der Waals surface area contributed by atoms with E-state index >= 15 is 0 Å². The minimum atomic E-state index is -0.575. The van der Waals surface area contributed by atoms with Gasteiger partial charge in [-0.3, -0.25) is 9.59 Å². The Balaban J connectivity index is 1.67. The predicted molar refractivity (Wildman–Crippen MR) is 102 cm³/mol. The van der Waals surface area contributed by atoms with Gasteiger partial charge in [-0.25, -0.2) is 0 Å². The van der Waals surface area contributed by atoms with Crippen molar-refractivity contribution in [2.45, 2.75) is 38.8 Å². The molecule has 0 saturated heterocycles. The molecule has 4 nitrogen and oxygen atoms in total. The summed E-state index contributed by atoms with van der Waals surface area (Å²) in [6.07, 6.45) is 2.17. The monoisotopic (exact) mass is 350 g/mol. The number of benzene rings is 2. The fraction of sp³-hybridized carbons (Fsp3) is 0.364. The molecule has 2 unspecified atom stereocenters. The third kappa shape index (κ3) is 4.51. The van der Waals surface area contributed by atoms with Crippen LogP contribution in [0.2, 0.25) is 0 Å². The van der Waals surface area contributed by atoms with Gasteiger partial charge >= 0.3 is 11.8 Å². The van der Waals surface area contributed by atoms with Crippen molar-refractivity contribution >= 4 is 11.8 Å². The van der Waals surface area contributed by atoms with Gasteiger partial charge in [0.2, 0.25) is 0 Å². The Labute approximate surface area is 155 Å². The zero-order valence-corrected chi connectivity index (χ0v) is 15.3. The Morgan fingerprint density at radius 2 is 1.31 bits per heavy atom. The SMILES string of the molecule is CC(C)C(NC(=O)C(=O)NC(c1ccccc1)C1CC1)c1ccccc1. The highest BCUT2D eigenvalue weighted by molar-refractivity contribution is 6.35. The van der Waals surface area contributed by atoms with Crippen LogP contribution in [0.1, 0.15) is 49.9 Å². The molecular formula is C22H26N2O2. The van der Waals surface area contributed by atoms with E-state index in [1.165, 1.54) is 0 Å². The third-order valence-electron chi connectivity index (χ3n) is 4.86. The number of carbonyl (C=O) groups is 2. The molecule has 3 rings (SSSR count). The normalized spacial score (nSPS) is 16.0. The van der Waals surface area contributed by atoms with Crippen molar-refractivity contribution in [2.75, 3.05) is 0 Å². The second kappa shape index (κ2) is 8.17. The molecule has 0 heterocycles. The summed E-state index contributed by atoms with van der Waals surface area (Å²) in [6, 6.07) is 19.4. The van der Waals surface area contributed by atoms with Gasteiger partial charge in [-0.1, -0.05) is 74.5 Å². The minimum absolute atomic E-state index is 0.0938. The van der Waals surface area contributed by atoms with Crippen molar-refractivity contribution in [3.63, 3.8) is 0 Å². The van der Waals surface area contributed by atoms with Gasteiger partial charge < -0.3 is 10.6 Å². The lowest BCUT2D eigenvalue weighted by Gasteiger charge is -2.24. The summed E-state index contributed by atoms with van der Waals surface area (Å²) in [5.41, 5.74) is 2.06. The first-order valence-electron chi connectivity index (χ1n) is 9.27. The summed E-state index contributed by atoms with van der Waals surface area (Å²) in [4.78, 5) is 25.0. The molecule has 1 aliphatic carbocycles. The fourth-order valence-electron chi connectivity index (χ4n) is 3.27. The van der Waals surface area contributed by atoms with Crippen molar-refractivity contribution in [3.05, 3.63) is 71.8 Å². The van der Waals surface area contributed by atoms with Crippen LogP contribution in [0.4, 0.5) is 0 Å². The van der Waals surface area contributed by atoms with E-state index in [0.29, 0.717) is 5.92 Å². The highest BCUT2D eigenvalue weighted by atomic mass is 16.2. The van der Waals surface area contributed by atoms with Gasteiger partial charge in [-0.15, -0.1) is 0 Å². The van der Waals surface area contributed by atoms with Crippen LogP contribution in [0.3, 0.4) is 0 Å². The molecule has 0 aliphatic heterocycles. The van der Waals surface area contributed by atoms with Crippen molar-refractivity contribution in [1.29, 1.82) is 0 Å². The van der Waals surface area contributed by atoms with E-state index < -0.39 is 11.8 Å². The molecule has 2 atom stereocenters. The molecule has 2 amide bonds. The topological polar surface area (TPSA) is 58.2 Å². The summed E-state index contributed by atoms with van der Waals surface area (Å²) in [5, 5.41) is 5.84. The zero-order valence-electron chi connectivity index (χ0n) is 15.3. The van der Waals surface area contributed by atoms with Gasteiger partial charge in [0.05, 0.1) is 12.1 Å². The maximum atomic E-state index is 12.5. The Hall–Kier alpha value is -2.62. The molecule has 0 bridgehead atoms. The first-order valence-corrected chi connectivity index (χ1v) is 9.27. The maximum Gasteiger partial charge on any atom is 0.309 e. The number of amides is 2. The van der Waals surface area contributed by atoms with E-state index in [0.717, 1.165) is 24.0 Å². The van der Waals surface area contributed by atoms with Gasteiger partial charge in [-0.05, 0) is 35.8 Å². The van der Waals surface area contributed by atoms with Crippen molar-refractivity contribution in [1.82, 2.24) is 10.6 Å². The first-order chi connectivity index (χ1) is 12.6. The van der Waals surface area contributed by atoms with Crippen molar-refractivity contribution in [2.24, 2.45) is 11.8 Å². The Bertz CT molecular complexity index is 682. The summed E-state index contributed by atoms with van der Waals surface area (Å²) in [7, 11) is 0. The largest absolute Gasteiger partial charge is 0.341 e. The highest BCUT2D eigenvalue weighted by Gasteiger charge is 2.34. The van der Waals surface area contributed by atoms with Crippen LogP contribution in [-0.4, -0.2) is 11.8 Å². The van der Waals surface area contributed by atoms with E-state index in [1.54, 1.807) is 0 Å². The lowest BCUT2D eigenvalue weighted by molar-refractivity contribution is -0.140. The maximum absolute atomic E-state index is 12.5. The lowest BCUT2D eigenvalue weighted by Crippen LogP contribution is -2.44. The average Bonchev–Trinajstić information content (AvgIpc) is 3.50. The second-order valence-electron chi connectivity index (χ2n) is 7.31. The minimum Gasteiger partial charge on any atom is -0.341 e. The summed E-state index contributed by atoms with van der Waals surface area (Å²) >= 11 is 0. The summed E-state index contributed by atoms with van der Waals surface area (Å²) in [5.74, 6) is -0.534. The quantitative estimate of drug-likeness (QED) is 0.779. The van der Waals surface area contributed by atoms with E-state index in [2.05, 4.69) is 10.6 Å². The van der Waals surface area contributed by atoms with Crippen LogP contribution >= 0.6 is 0 Å². The lowest BCUT2D eigenvalue weighted by atomic mass is 9.96. The molecule has 0 radical (unpaired) electrons. The van der Waals surface area contributed by atoms with Gasteiger partial charge in [-0.2, -0.15) is 0 Å². The molecule has 1 saturated carbocycles. The van der Waals surface area contributed by atoms with Gasteiger partial charge in [0.25, 0.3) is 0 Å². The second-order valence-corrected chi connectivity index (χ2v) is 7.31. The molecular weight excluding hydrogens is 324 g/mol. The Kier molecular flexibility index (Phi) is 5.71. The molecule has 0 aromatic heterocycles. The first kappa shape index (κ1) is 18.2. The molecule has 2 N–H and O–H groups in total. The zero-order chi connectivity index (χ0) is 18.5. The number of rotatable bonds is 6. The van der Waals surface area contributed by atoms with Crippen molar-refractivity contribution in [3.8, 4) is 0 Å². The molecule has 136 valence electrons. The van der Waals surface area contributed by atoms with Crippen LogP contribution in [-0.2, 0) is 9.59 Å². The Morgan fingerprint density at radius 3 is 1.81 bits per heavy atom. The average molecular weight is 350 g/mol. The van der Waals surface area contributed by atoms with Crippen LogP contribution in [0.25, 0.3) is 0 Å². The molecule has 2 aromatic carbocycles. The van der Waals surface area contributed by atoms with Gasteiger partial charge in [0.1, 0.15) is 0 Å². The smallest absolute Gasteiger partial charge is 0.309 e. The number of hydrogen-bond donors (Lipinski definition) is 2. The van der Waals surface area contributed by atoms with E-state index in [-0.39, 0.29) is 18.0 Å². The summed E-state index contributed by atoms with van der Waals surface area (Å²) < 4.78 is 0. The van der Waals surface area contributed by atoms with E-state index in [4.69, 9.17) is 0 Å². The molecule has 1 aliphatic rings. The number of nitrogens with one attached hydrogen (secondary N) is 2. The molecule has 2 aromatic rings. The Morgan fingerprint density at radius 1 is 0.808 bits per heavy atom. The van der Waals surface area contributed by atoms with Gasteiger partial charge in [0, 0.05) is 0 Å². The predicted octanol–water partition coefficient (Wildman–Crippen LogP) is 3.77. The number of carbonyl (C=O) groups excluding carboxylic acids is 2. The van der Waals surface area contributed by atoms with Crippen molar-refractivity contribution < 1.29 is 9.59 Å².